The molecular weight excluding hydrogens is 186 g/mol. The van der Waals surface area contributed by atoms with Gasteiger partial charge in [-0.25, -0.2) is 0 Å². The summed E-state index contributed by atoms with van der Waals surface area (Å²) in [4.78, 5) is 0. The molecule has 0 fully saturated rings. The number of rotatable bonds is 3. The van der Waals surface area contributed by atoms with Crippen LogP contribution >= 0.6 is 0 Å². The number of ether oxygens (including phenoxy) is 1. The lowest BCUT2D eigenvalue weighted by molar-refractivity contribution is 0.241. The first kappa shape index (κ1) is 11.6. The highest BCUT2D eigenvalue weighted by Gasteiger charge is 2.08. The first-order valence-electron chi connectivity index (χ1n) is 5.06. The van der Waals surface area contributed by atoms with E-state index in [0.717, 1.165) is 5.56 Å². The van der Waals surface area contributed by atoms with Gasteiger partial charge in [0.25, 0.3) is 0 Å². The van der Waals surface area contributed by atoms with Crippen molar-refractivity contribution >= 4 is 0 Å². The largest absolute Gasteiger partial charge is 0.490 e. The van der Waals surface area contributed by atoms with E-state index in [9.17, 15) is 0 Å². The predicted octanol–water partition coefficient (Wildman–Crippen LogP) is 3.31. The molecule has 0 atom stereocenters. The van der Waals surface area contributed by atoms with Crippen LogP contribution in [0.25, 0.3) is 0 Å². The van der Waals surface area contributed by atoms with Gasteiger partial charge >= 0.3 is 0 Å². The maximum atomic E-state index is 9.00. The van der Waals surface area contributed by atoms with Gasteiger partial charge in [-0.15, -0.1) is 0 Å². The molecule has 0 aliphatic rings. The second-order valence-electron chi connectivity index (χ2n) is 3.99. The van der Waals surface area contributed by atoms with Crippen LogP contribution in [0.2, 0.25) is 0 Å². The van der Waals surface area contributed by atoms with Crippen LogP contribution in [0.3, 0.4) is 0 Å². The molecule has 15 heavy (non-hydrogen) atoms. The molecule has 0 aliphatic carbocycles. The highest BCUT2D eigenvalue weighted by atomic mass is 16.5. The van der Waals surface area contributed by atoms with Gasteiger partial charge in [0, 0.05) is 0 Å². The summed E-state index contributed by atoms with van der Waals surface area (Å²) in [6, 6.07) is 7.87. The molecule has 0 spiro atoms. The third-order valence-corrected chi connectivity index (χ3v) is 2.04. The summed E-state index contributed by atoms with van der Waals surface area (Å²) in [6.45, 7) is 7.96. The summed E-state index contributed by atoms with van der Waals surface area (Å²) in [5.41, 5.74) is 1.69. The highest BCUT2D eigenvalue weighted by Crippen LogP contribution is 2.23. The summed E-state index contributed by atoms with van der Waals surface area (Å²) in [5.74, 6) is 1.86. The SMILES string of the molecule is C[C](C)c1ccc(OC(C)C)c(C#N)c1. The Morgan fingerprint density at radius 3 is 2.47 bits per heavy atom. The van der Waals surface area contributed by atoms with Gasteiger partial charge in [-0.05, 0) is 37.5 Å². The Balaban J connectivity index is 3.05. The van der Waals surface area contributed by atoms with Crippen molar-refractivity contribution in [3.05, 3.63) is 35.2 Å². The van der Waals surface area contributed by atoms with Crippen molar-refractivity contribution in [2.75, 3.05) is 0 Å². The third-order valence-electron chi connectivity index (χ3n) is 2.04. The highest BCUT2D eigenvalue weighted by molar-refractivity contribution is 5.48. The Morgan fingerprint density at radius 2 is 2.00 bits per heavy atom. The average Bonchev–Trinajstić information content (AvgIpc) is 2.17. The fourth-order valence-electron chi connectivity index (χ4n) is 1.29. The third kappa shape index (κ3) is 2.99. The zero-order valence-electron chi connectivity index (χ0n) is 9.66. The number of hydrogen-bond acceptors (Lipinski definition) is 2. The minimum Gasteiger partial charge on any atom is -0.490 e. The Bertz CT molecular complexity index is 375. The van der Waals surface area contributed by atoms with Gasteiger partial charge in [-0.3, -0.25) is 0 Å². The zero-order chi connectivity index (χ0) is 11.4. The van der Waals surface area contributed by atoms with Crippen molar-refractivity contribution < 1.29 is 4.74 Å². The van der Waals surface area contributed by atoms with Gasteiger partial charge < -0.3 is 4.74 Å². The Kier molecular flexibility index (Phi) is 3.74. The molecule has 0 saturated heterocycles. The fraction of sp³-hybridized carbons (Fsp3) is 0.385. The van der Waals surface area contributed by atoms with Gasteiger partial charge in [0.1, 0.15) is 11.8 Å². The van der Waals surface area contributed by atoms with E-state index >= 15 is 0 Å². The van der Waals surface area contributed by atoms with E-state index in [-0.39, 0.29) is 6.10 Å². The lowest BCUT2D eigenvalue weighted by Gasteiger charge is -2.13. The minimum atomic E-state index is 0.0923. The molecule has 79 valence electrons. The van der Waals surface area contributed by atoms with E-state index in [1.54, 1.807) is 0 Å². The van der Waals surface area contributed by atoms with Crippen molar-refractivity contribution in [1.29, 1.82) is 5.26 Å². The van der Waals surface area contributed by atoms with Crippen LogP contribution in [0.4, 0.5) is 0 Å². The molecule has 0 saturated carbocycles. The van der Waals surface area contributed by atoms with E-state index < -0.39 is 0 Å². The second-order valence-corrected chi connectivity index (χ2v) is 3.99. The molecular formula is C13H16NO. The standard InChI is InChI=1S/C13H16NO/c1-9(2)11-5-6-13(15-10(3)4)12(7-11)8-14/h5-7,10H,1-4H3. The molecule has 1 aromatic carbocycles. The van der Waals surface area contributed by atoms with Crippen LogP contribution < -0.4 is 4.74 Å². The first-order valence-corrected chi connectivity index (χ1v) is 5.06. The van der Waals surface area contributed by atoms with Gasteiger partial charge in [0.2, 0.25) is 0 Å². The van der Waals surface area contributed by atoms with E-state index in [2.05, 4.69) is 6.07 Å². The van der Waals surface area contributed by atoms with Crippen LogP contribution in [0.15, 0.2) is 18.2 Å². The molecule has 2 heteroatoms. The number of nitriles is 1. The molecule has 0 aliphatic heterocycles. The maximum Gasteiger partial charge on any atom is 0.137 e. The topological polar surface area (TPSA) is 33.0 Å². The Hall–Kier alpha value is -1.49. The first-order chi connectivity index (χ1) is 7.04. The normalized spacial score (nSPS) is 10.5. The minimum absolute atomic E-state index is 0.0923. The average molecular weight is 202 g/mol. The Morgan fingerprint density at radius 1 is 1.33 bits per heavy atom. The number of nitrogens with zero attached hydrogens (tertiary/aromatic N) is 1. The quantitative estimate of drug-likeness (QED) is 0.753. The molecule has 0 heterocycles. The van der Waals surface area contributed by atoms with Crippen LogP contribution in [-0.4, -0.2) is 6.10 Å². The summed E-state index contributed by atoms with van der Waals surface area (Å²) in [7, 11) is 0. The van der Waals surface area contributed by atoms with Crippen LogP contribution in [-0.2, 0) is 0 Å². The molecule has 0 aromatic heterocycles. The maximum absolute atomic E-state index is 9.00. The smallest absolute Gasteiger partial charge is 0.137 e. The predicted molar refractivity (Wildman–Crippen MR) is 60.6 cm³/mol. The lowest BCUT2D eigenvalue weighted by Crippen LogP contribution is -2.07. The summed E-state index contributed by atoms with van der Waals surface area (Å²) in [6.07, 6.45) is 0.0923. The molecule has 0 N–H and O–H groups in total. The van der Waals surface area contributed by atoms with E-state index in [4.69, 9.17) is 10.00 Å². The molecule has 1 aromatic rings. The fourth-order valence-corrected chi connectivity index (χ4v) is 1.29. The van der Waals surface area contributed by atoms with Gasteiger partial charge in [0.15, 0.2) is 0 Å². The summed E-state index contributed by atoms with van der Waals surface area (Å²) < 4.78 is 5.54. The van der Waals surface area contributed by atoms with Crippen LogP contribution in [0, 0.1) is 17.2 Å². The molecule has 1 radical (unpaired) electrons. The summed E-state index contributed by atoms with van der Waals surface area (Å²) >= 11 is 0. The van der Waals surface area contributed by atoms with Gasteiger partial charge in [-0.1, -0.05) is 19.9 Å². The molecule has 2 nitrogen and oxygen atoms in total. The van der Waals surface area contributed by atoms with Crippen molar-refractivity contribution in [3.63, 3.8) is 0 Å². The molecule has 1 rings (SSSR count). The lowest BCUT2D eigenvalue weighted by atomic mass is 10.0. The van der Waals surface area contributed by atoms with E-state index in [0.29, 0.717) is 11.3 Å². The Labute approximate surface area is 91.5 Å². The van der Waals surface area contributed by atoms with E-state index in [1.807, 2.05) is 45.9 Å². The molecule has 0 bridgehead atoms. The van der Waals surface area contributed by atoms with Crippen LogP contribution in [0.1, 0.15) is 38.8 Å². The molecule has 0 unspecified atom stereocenters. The molecule has 0 amide bonds. The number of benzene rings is 1. The second kappa shape index (κ2) is 4.84. The van der Waals surface area contributed by atoms with Crippen molar-refractivity contribution in [1.82, 2.24) is 0 Å². The van der Waals surface area contributed by atoms with Gasteiger partial charge in [-0.2, -0.15) is 5.26 Å². The van der Waals surface area contributed by atoms with Crippen LogP contribution in [0.5, 0.6) is 5.75 Å². The van der Waals surface area contributed by atoms with Crippen molar-refractivity contribution in [2.24, 2.45) is 0 Å². The monoisotopic (exact) mass is 202 g/mol. The van der Waals surface area contributed by atoms with Crippen molar-refractivity contribution in [3.8, 4) is 11.8 Å². The van der Waals surface area contributed by atoms with Gasteiger partial charge in [0.05, 0.1) is 11.7 Å². The summed E-state index contributed by atoms with van der Waals surface area (Å²) in [5, 5.41) is 9.00. The van der Waals surface area contributed by atoms with E-state index in [1.165, 1.54) is 5.92 Å². The number of hydrogen-bond donors (Lipinski definition) is 0. The van der Waals surface area contributed by atoms with Crippen molar-refractivity contribution in [2.45, 2.75) is 33.8 Å². The zero-order valence-corrected chi connectivity index (χ0v) is 9.66.